The quantitative estimate of drug-likeness (QED) is 0.540. The maximum Gasteiger partial charge on any atom is 0.0662 e. The van der Waals surface area contributed by atoms with Crippen molar-refractivity contribution < 1.29 is 5.11 Å². The summed E-state index contributed by atoms with van der Waals surface area (Å²) in [5.74, 6) is 0. The topological polar surface area (TPSA) is 32.3 Å². The number of rotatable bonds is 5. The van der Waals surface area contributed by atoms with Gasteiger partial charge in [0.2, 0.25) is 0 Å². The van der Waals surface area contributed by atoms with Gasteiger partial charge in [-0.3, -0.25) is 0 Å². The smallest absolute Gasteiger partial charge is 0.0662 e. The summed E-state index contributed by atoms with van der Waals surface area (Å²) in [5.41, 5.74) is 0. The van der Waals surface area contributed by atoms with E-state index in [9.17, 15) is 0 Å². The van der Waals surface area contributed by atoms with E-state index in [1.165, 1.54) is 0 Å². The molecule has 0 spiro atoms. The average Bonchev–Trinajstić information content (AvgIpc) is 1.89. The monoisotopic (exact) mass is 131 g/mol. The molecule has 0 saturated heterocycles. The second kappa shape index (κ2) is 6.05. The van der Waals surface area contributed by atoms with Crippen LogP contribution in [0.25, 0.3) is 0 Å². The van der Waals surface area contributed by atoms with Gasteiger partial charge in [-0.1, -0.05) is 13.8 Å². The third-order valence-corrected chi connectivity index (χ3v) is 1.28. The number of nitrogens with one attached hydrogen (secondary N) is 1. The Bertz CT molecular complexity index is 56.9. The summed E-state index contributed by atoms with van der Waals surface area (Å²) in [6, 6.07) is 0. The van der Waals surface area contributed by atoms with Gasteiger partial charge in [-0.05, 0) is 19.4 Å². The Labute approximate surface area is 57.3 Å². The number of hydrogen-bond acceptors (Lipinski definition) is 2. The predicted molar refractivity (Wildman–Crippen MR) is 39.5 cm³/mol. The maximum absolute atomic E-state index is 9.02. The van der Waals surface area contributed by atoms with Gasteiger partial charge in [0.1, 0.15) is 0 Å². The predicted octanol–water partition coefficient (Wildman–Crippen LogP) is 0.757. The van der Waals surface area contributed by atoms with E-state index < -0.39 is 0 Å². The summed E-state index contributed by atoms with van der Waals surface area (Å²) in [5, 5.41) is 12.2. The van der Waals surface area contributed by atoms with Crippen molar-refractivity contribution in [3.05, 3.63) is 0 Å². The summed E-state index contributed by atoms with van der Waals surface area (Å²) in [6.45, 7) is 5.85. The van der Waals surface area contributed by atoms with Gasteiger partial charge in [-0.25, -0.2) is 0 Å². The number of hydrogen-bond donors (Lipinski definition) is 2. The summed E-state index contributed by atoms with van der Waals surface area (Å²) >= 11 is 0. The first kappa shape index (κ1) is 8.92. The third kappa shape index (κ3) is 5.80. The van der Waals surface area contributed by atoms with Gasteiger partial charge >= 0.3 is 0 Å². The molecule has 9 heavy (non-hydrogen) atoms. The Morgan fingerprint density at radius 2 is 2.11 bits per heavy atom. The molecule has 0 rings (SSSR count). The van der Waals surface area contributed by atoms with Crippen molar-refractivity contribution in [1.82, 2.24) is 5.32 Å². The van der Waals surface area contributed by atoms with Crippen LogP contribution in [0.3, 0.4) is 0 Å². The van der Waals surface area contributed by atoms with Crippen LogP contribution in [-0.2, 0) is 0 Å². The summed E-state index contributed by atoms with van der Waals surface area (Å²) in [4.78, 5) is 0. The van der Waals surface area contributed by atoms with Crippen LogP contribution in [0.1, 0.15) is 26.7 Å². The van der Waals surface area contributed by atoms with Crippen molar-refractivity contribution in [2.75, 3.05) is 13.1 Å². The fourth-order valence-electron chi connectivity index (χ4n) is 0.590. The highest BCUT2D eigenvalue weighted by molar-refractivity contribution is 4.55. The molecule has 0 unspecified atom stereocenters. The highest BCUT2D eigenvalue weighted by Gasteiger charge is 1.96. The first-order valence-electron chi connectivity index (χ1n) is 3.70. The third-order valence-electron chi connectivity index (χ3n) is 1.28. The summed E-state index contributed by atoms with van der Waals surface area (Å²) in [6.07, 6.45) is 1.82. The van der Waals surface area contributed by atoms with Crippen molar-refractivity contribution >= 4 is 0 Å². The fourth-order valence-corrected chi connectivity index (χ4v) is 0.590. The molecule has 0 aliphatic heterocycles. The lowest BCUT2D eigenvalue weighted by atomic mass is 10.3. The molecule has 2 heteroatoms. The Balaban J connectivity index is 2.88. The Kier molecular flexibility index (Phi) is 5.99. The van der Waals surface area contributed by atoms with Gasteiger partial charge in [0.25, 0.3) is 0 Å². The lowest BCUT2D eigenvalue weighted by Crippen LogP contribution is -2.26. The molecule has 0 heterocycles. The van der Waals surface area contributed by atoms with E-state index >= 15 is 0 Å². The van der Waals surface area contributed by atoms with Crippen LogP contribution >= 0.6 is 0 Å². The van der Waals surface area contributed by atoms with Crippen molar-refractivity contribution in [2.45, 2.75) is 32.8 Å². The van der Waals surface area contributed by atoms with E-state index in [-0.39, 0.29) is 6.10 Å². The zero-order valence-electron chi connectivity index (χ0n) is 6.35. The van der Waals surface area contributed by atoms with Crippen molar-refractivity contribution in [1.29, 1.82) is 0 Å². The molecule has 0 bridgehead atoms. The minimum absolute atomic E-state index is 0.156. The van der Waals surface area contributed by atoms with Crippen LogP contribution in [-0.4, -0.2) is 24.3 Å². The van der Waals surface area contributed by atoms with Gasteiger partial charge in [0.05, 0.1) is 6.10 Å². The highest BCUT2D eigenvalue weighted by Crippen LogP contribution is 1.85. The molecule has 0 saturated carbocycles. The summed E-state index contributed by atoms with van der Waals surface area (Å²) < 4.78 is 0. The Morgan fingerprint density at radius 1 is 1.44 bits per heavy atom. The summed E-state index contributed by atoms with van der Waals surface area (Å²) in [7, 11) is 0. The highest BCUT2D eigenvalue weighted by atomic mass is 16.3. The zero-order valence-corrected chi connectivity index (χ0v) is 6.35. The molecule has 0 aliphatic carbocycles. The van der Waals surface area contributed by atoms with Gasteiger partial charge < -0.3 is 10.4 Å². The zero-order chi connectivity index (χ0) is 7.11. The van der Waals surface area contributed by atoms with Crippen LogP contribution < -0.4 is 5.32 Å². The van der Waals surface area contributed by atoms with E-state index in [2.05, 4.69) is 12.2 Å². The molecule has 0 radical (unpaired) electrons. The molecular formula is C7H17NO. The molecule has 2 nitrogen and oxygen atoms in total. The molecule has 2 N–H and O–H groups in total. The van der Waals surface area contributed by atoms with Crippen molar-refractivity contribution in [3.63, 3.8) is 0 Å². The Hall–Kier alpha value is -0.0800. The Morgan fingerprint density at radius 3 is 2.56 bits per heavy atom. The minimum atomic E-state index is -0.156. The maximum atomic E-state index is 9.02. The van der Waals surface area contributed by atoms with Crippen LogP contribution in [0.4, 0.5) is 0 Å². The molecule has 1 atom stereocenters. The van der Waals surface area contributed by atoms with Crippen LogP contribution in [0.5, 0.6) is 0 Å². The lowest BCUT2D eigenvalue weighted by Gasteiger charge is -2.07. The van der Waals surface area contributed by atoms with Crippen LogP contribution in [0.15, 0.2) is 0 Å². The molecule has 0 amide bonds. The fraction of sp³-hybridized carbons (Fsp3) is 1.00. The molecule has 56 valence electrons. The number of aliphatic hydroxyl groups is 1. The van der Waals surface area contributed by atoms with Gasteiger partial charge in [-0.15, -0.1) is 0 Å². The number of aliphatic hydroxyl groups excluding tert-OH is 1. The SMILES string of the molecule is CCCNC[C@H](O)CC. The van der Waals surface area contributed by atoms with Crippen molar-refractivity contribution in [3.8, 4) is 0 Å². The van der Waals surface area contributed by atoms with Crippen LogP contribution in [0, 0.1) is 0 Å². The van der Waals surface area contributed by atoms with E-state index in [1.54, 1.807) is 0 Å². The molecule has 0 fully saturated rings. The minimum Gasteiger partial charge on any atom is -0.392 e. The van der Waals surface area contributed by atoms with Crippen LogP contribution in [0.2, 0.25) is 0 Å². The molecule has 0 aromatic heterocycles. The van der Waals surface area contributed by atoms with E-state index in [4.69, 9.17) is 5.11 Å². The second-order valence-electron chi connectivity index (χ2n) is 2.27. The molecule has 0 aromatic carbocycles. The first-order chi connectivity index (χ1) is 4.31. The van der Waals surface area contributed by atoms with Gasteiger partial charge in [0.15, 0.2) is 0 Å². The molecule has 0 aromatic rings. The molecule has 0 aliphatic rings. The normalized spacial score (nSPS) is 13.7. The average molecular weight is 131 g/mol. The van der Waals surface area contributed by atoms with Gasteiger partial charge in [-0.2, -0.15) is 0 Å². The lowest BCUT2D eigenvalue weighted by molar-refractivity contribution is 0.167. The second-order valence-corrected chi connectivity index (χ2v) is 2.27. The molecular weight excluding hydrogens is 114 g/mol. The van der Waals surface area contributed by atoms with E-state index in [1.807, 2.05) is 6.92 Å². The van der Waals surface area contributed by atoms with E-state index in [0.717, 1.165) is 25.9 Å². The van der Waals surface area contributed by atoms with E-state index in [0.29, 0.717) is 0 Å². The van der Waals surface area contributed by atoms with Crippen molar-refractivity contribution in [2.24, 2.45) is 0 Å². The first-order valence-corrected chi connectivity index (χ1v) is 3.70. The standard InChI is InChI=1S/C7H17NO/c1-3-5-8-6-7(9)4-2/h7-9H,3-6H2,1-2H3/t7-/m1/s1. The largest absolute Gasteiger partial charge is 0.392 e. The van der Waals surface area contributed by atoms with Gasteiger partial charge in [0, 0.05) is 6.54 Å².